The van der Waals surface area contributed by atoms with E-state index in [9.17, 15) is 5.11 Å². The van der Waals surface area contributed by atoms with E-state index in [4.69, 9.17) is 9.47 Å². The van der Waals surface area contributed by atoms with Crippen LogP contribution in [-0.4, -0.2) is 30.4 Å². The number of aromatic nitrogens is 1. The lowest BCUT2D eigenvalue weighted by Gasteiger charge is -2.30. The minimum atomic E-state index is -0.854. The zero-order chi connectivity index (χ0) is 10.0. The molecule has 1 aromatic rings. The second-order valence-corrected chi connectivity index (χ2v) is 4.38. The van der Waals surface area contributed by atoms with E-state index in [1.807, 2.05) is 0 Å². The number of nitrogens with zero attached hydrogens (tertiary/aromatic N) is 1. The molecular weight excluding hydrogens is 202 g/mol. The van der Waals surface area contributed by atoms with Crippen LogP contribution in [0.2, 0.25) is 0 Å². The molecule has 1 saturated heterocycles. The number of rotatable bonds is 2. The molecule has 78 valence electrons. The molecule has 5 heteroatoms. The molecule has 2 rings (SSSR count). The normalized spacial score (nSPS) is 27.6. The maximum Gasteiger partial charge on any atom is 0.273 e. The van der Waals surface area contributed by atoms with E-state index in [0.29, 0.717) is 11.8 Å². The van der Waals surface area contributed by atoms with Gasteiger partial charge >= 0.3 is 0 Å². The lowest BCUT2D eigenvalue weighted by Crippen LogP contribution is -2.34. The fourth-order valence-corrected chi connectivity index (χ4v) is 2.38. The van der Waals surface area contributed by atoms with Gasteiger partial charge in [-0.3, -0.25) is 0 Å². The molecule has 0 saturated carbocycles. The number of methoxy groups -OCH3 is 1. The summed E-state index contributed by atoms with van der Waals surface area (Å²) in [7, 11) is 1.57. The molecular formula is C9H13NO3S. The molecule has 0 bridgehead atoms. The summed E-state index contributed by atoms with van der Waals surface area (Å²) in [6.45, 7) is 1.09. The Balaban J connectivity index is 2.19. The molecule has 1 fully saturated rings. The van der Waals surface area contributed by atoms with E-state index in [-0.39, 0.29) is 0 Å². The van der Waals surface area contributed by atoms with Gasteiger partial charge in [0.1, 0.15) is 5.60 Å². The maximum absolute atomic E-state index is 10.2. The van der Waals surface area contributed by atoms with Crippen LogP contribution in [0.3, 0.4) is 0 Å². The van der Waals surface area contributed by atoms with Crippen molar-refractivity contribution < 1.29 is 14.6 Å². The summed E-state index contributed by atoms with van der Waals surface area (Å²) in [4.78, 5) is 4.86. The molecule has 4 nitrogen and oxygen atoms in total. The van der Waals surface area contributed by atoms with Gasteiger partial charge in [0, 0.05) is 12.8 Å². The molecule has 1 aliphatic heterocycles. The molecule has 1 aromatic heterocycles. The summed E-state index contributed by atoms with van der Waals surface area (Å²) < 4.78 is 10.3. The first-order valence-electron chi connectivity index (χ1n) is 4.55. The predicted molar refractivity (Wildman–Crippen MR) is 52.6 cm³/mol. The van der Waals surface area contributed by atoms with Gasteiger partial charge in [-0.15, -0.1) is 0 Å². The number of hydrogen-bond donors (Lipinski definition) is 1. The molecule has 0 spiro atoms. The minimum Gasteiger partial charge on any atom is -0.473 e. The van der Waals surface area contributed by atoms with Gasteiger partial charge in [-0.1, -0.05) is 11.3 Å². The third-order valence-electron chi connectivity index (χ3n) is 2.34. The largest absolute Gasteiger partial charge is 0.473 e. The number of hydrogen-bond acceptors (Lipinski definition) is 5. The monoisotopic (exact) mass is 215 g/mol. The topological polar surface area (TPSA) is 51.6 Å². The first-order valence-corrected chi connectivity index (χ1v) is 5.37. The van der Waals surface area contributed by atoms with Crippen molar-refractivity contribution in [1.82, 2.24) is 4.98 Å². The van der Waals surface area contributed by atoms with E-state index >= 15 is 0 Å². The second-order valence-electron chi connectivity index (χ2n) is 3.38. The van der Waals surface area contributed by atoms with Gasteiger partial charge in [0.2, 0.25) is 0 Å². The van der Waals surface area contributed by atoms with E-state index in [2.05, 4.69) is 4.98 Å². The van der Waals surface area contributed by atoms with E-state index in [1.54, 1.807) is 13.3 Å². The average Bonchev–Trinajstić information content (AvgIpc) is 2.67. The van der Waals surface area contributed by atoms with Gasteiger partial charge in [-0.25, -0.2) is 4.98 Å². The van der Waals surface area contributed by atoms with E-state index in [0.717, 1.165) is 24.3 Å². The van der Waals surface area contributed by atoms with Crippen LogP contribution in [0.25, 0.3) is 0 Å². The molecule has 14 heavy (non-hydrogen) atoms. The Bertz CT molecular complexity index is 307. The zero-order valence-electron chi connectivity index (χ0n) is 8.02. The Morgan fingerprint density at radius 2 is 2.57 bits per heavy atom. The third-order valence-corrected chi connectivity index (χ3v) is 3.49. The number of thiazole rings is 1. The Labute approximate surface area is 86.5 Å². The fraction of sp³-hybridized carbons (Fsp3) is 0.667. The van der Waals surface area contributed by atoms with Crippen LogP contribution in [0.5, 0.6) is 5.19 Å². The molecule has 0 aliphatic carbocycles. The van der Waals surface area contributed by atoms with Gasteiger partial charge < -0.3 is 14.6 Å². The van der Waals surface area contributed by atoms with Crippen molar-refractivity contribution in [3.05, 3.63) is 11.1 Å². The minimum absolute atomic E-state index is 0.359. The Kier molecular flexibility index (Phi) is 2.71. The highest BCUT2D eigenvalue weighted by atomic mass is 32.1. The number of ether oxygens (including phenoxy) is 2. The summed E-state index contributed by atoms with van der Waals surface area (Å²) in [6.07, 6.45) is 3.28. The Morgan fingerprint density at radius 3 is 3.14 bits per heavy atom. The molecule has 0 aromatic carbocycles. The van der Waals surface area contributed by atoms with Gasteiger partial charge in [-0.05, 0) is 12.8 Å². The average molecular weight is 215 g/mol. The second kappa shape index (κ2) is 3.84. The van der Waals surface area contributed by atoms with Crippen molar-refractivity contribution in [2.24, 2.45) is 0 Å². The molecule has 2 heterocycles. The smallest absolute Gasteiger partial charge is 0.273 e. The molecule has 1 aliphatic rings. The van der Waals surface area contributed by atoms with Crippen LogP contribution in [0.1, 0.15) is 17.7 Å². The van der Waals surface area contributed by atoms with Crippen molar-refractivity contribution in [3.8, 4) is 5.19 Å². The summed E-state index contributed by atoms with van der Waals surface area (Å²) in [5.74, 6) is 0. The van der Waals surface area contributed by atoms with Crippen LogP contribution in [0.15, 0.2) is 6.20 Å². The zero-order valence-corrected chi connectivity index (χ0v) is 8.84. The summed E-state index contributed by atoms with van der Waals surface area (Å²) >= 11 is 1.37. The molecule has 1 unspecified atom stereocenters. The first-order chi connectivity index (χ1) is 6.74. The van der Waals surface area contributed by atoms with Gasteiger partial charge in [0.25, 0.3) is 5.19 Å². The standard InChI is InChI=1S/C9H13NO3S/c1-12-8-10-5-7(14-8)9(11)3-2-4-13-6-9/h5,11H,2-4,6H2,1H3. The van der Waals surface area contributed by atoms with E-state index < -0.39 is 5.60 Å². The predicted octanol–water partition coefficient (Wildman–Crippen LogP) is 1.15. The van der Waals surface area contributed by atoms with Crippen LogP contribution >= 0.6 is 11.3 Å². The van der Waals surface area contributed by atoms with Gasteiger partial charge in [0.05, 0.1) is 18.6 Å². The Hall–Kier alpha value is -0.650. The van der Waals surface area contributed by atoms with Crippen molar-refractivity contribution in [2.75, 3.05) is 20.3 Å². The summed E-state index contributed by atoms with van der Waals surface area (Å²) in [5.41, 5.74) is -0.854. The van der Waals surface area contributed by atoms with Crippen LogP contribution in [0.4, 0.5) is 0 Å². The van der Waals surface area contributed by atoms with Gasteiger partial charge in [0.15, 0.2) is 0 Å². The van der Waals surface area contributed by atoms with Crippen LogP contribution in [0, 0.1) is 0 Å². The van der Waals surface area contributed by atoms with Crippen LogP contribution in [-0.2, 0) is 10.3 Å². The molecule has 1 atom stereocenters. The molecule has 0 radical (unpaired) electrons. The van der Waals surface area contributed by atoms with Crippen LogP contribution < -0.4 is 4.74 Å². The van der Waals surface area contributed by atoms with Crippen molar-refractivity contribution in [3.63, 3.8) is 0 Å². The highest BCUT2D eigenvalue weighted by Gasteiger charge is 2.34. The van der Waals surface area contributed by atoms with Crippen molar-refractivity contribution in [1.29, 1.82) is 0 Å². The molecule has 1 N–H and O–H groups in total. The highest BCUT2D eigenvalue weighted by Crippen LogP contribution is 2.35. The lowest BCUT2D eigenvalue weighted by molar-refractivity contribution is -0.0881. The third kappa shape index (κ3) is 1.75. The maximum atomic E-state index is 10.2. The van der Waals surface area contributed by atoms with Crippen molar-refractivity contribution in [2.45, 2.75) is 18.4 Å². The van der Waals surface area contributed by atoms with Gasteiger partial charge in [-0.2, -0.15) is 0 Å². The Morgan fingerprint density at radius 1 is 1.71 bits per heavy atom. The fourth-order valence-electron chi connectivity index (χ4n) is 1.54. The number of aliphatic hydroxyl groups is 1. The van der Waals surface area contributed by atoms with Crippen molar-refractivity contribution >= 4 is 11.3 Å². The lowest BCUT2D eigenvalue weighted by atomic mass is 9.96. The first kappa shape index (κ1) is 9.89. The highest BCUT2D eigenvalue weighted by molar-refractivity contribution is 7.13. The quantitative estimate of drug-likeness (QED) is 0.804. The SMILES string of the molecule is COc1ncc(C2(O)CCCOC2)s1. The van der Waals surface area contributed by atoms with E-state index in [1.165, 1.54) is 11.3 Å². The summed E-state index contributed by atoms with van der Waals surface area (Å²) in [6, 6.07) is 0. The molecule has 0 amide bonds. The summed E-state index contributed by atoms with van der Waals surface area (Å²) in [5, 5.41) is 10.8.